The van der Waals surface area contributed by atoms with Crippen LogP contribution >= 0.6 is 0 Å². The van der Waals surface area contributed by atoms with Gasteiger partial charge in [-0.25, -0.2) is 0 Å². The lowest BCUT2D eigenvalue weighted by Crippen LogP contribution is -2.49. The van der Waals surface area contributed by atoms with Crippen LogP contribution in [0.2, 0.25) is 0 Å². The summed E-state index contributed by atoms with van der Waals surface area (Å²) in [5, 5.41) is 8.25. The molecule has 1 amide bonds. The van der Waals surface area contributed by atoms with Gasteiger partial charge >= 0.3 is 0 Å². The monoisotopic (exact) mass is 424 g/mol. The average molecular weight is 425 g/mol. The molecule has 1 unspecified atom stereocenters. The topological polar surface area (TPSA) is 98.4 Å². The highest BCUT2D eigenvalue weighted by atomic mass is 16.5. The molecule has 4 heterocycles. The number of piperidine rings is 1. The number of amides is 1. The van der Waals surface area contributed by atoms with E-state index in [-0.39, 0.29) is 11.3 Å². The highest BCUT2D eigenvalue weighted by molar-refractivity contribution is 5.91. The van der Waals surface area contributed by atoms with Crippen molar-refractivity contribution < 1.29 is 18.3 Å². The summed E-state index contributed by atoms with van der Waals surface area (Å²) in [5.41, 5.74) is 1.61. The summed E-state index contributed by atoms with van der Waals surface area (Å²) in [7, 11) is 0. The molecule has 8 nitrogen and oxygen atoms in total. The van der Waals surface area contributed by atoms with Crippen LogP contribution in [0.25, 0.3) is 0 Å². The minimum Gasteiger partial charge on any atom is -0.456 e. The Hall–Kier alpha value is -2.90. The number of hydrogen-bond donors (Lipinski definition) is 0. The van der Waals surface area contributed by atoms with Crippen LogP contribution in [0, 0.1) is 26.7 Å². The van der Waals surface area contributed by atoms with Crippen LogP contribution in [0.5, 0.6) is 0 Å². The number of aryl methyl sites for hydroxylation is 3. The van der Waals surface area contributed by atoms with E-state index >= 15 is 0 Å². The highest BCUT2D eigenvalue weighted by Crippen LogP contribution is 2.45. The summed E-state index contributed by atoms with van der Waals surface area (Å²) in [6, 6.07) is 3.63. The van der Waals surface area contributed by atoms with Crippen LogP contribution in [0.15, 0.2) is 25.6 Å². The third-order valence-electron chi connectivity index (χ3n) is 6.65. The first-order valence-corrected chi connectivity index (χ1v) is 11.0. The van der Waals surface area contributed by atoms with Gasteiger partial charge in [0.2, 0.25) is 5.89 Å². The number of aromatic nitrogens is 3. The van der Waals surface area contributed by atoms with E-state index in [2.05, 4.69) is 15.3 Å². The molecule has 1 aliphatic heterocycles. The zero-order chi connectivity index (χ0) is 21.6. The van der Waals surface area contributed by atoms with E-state index in [1.54, 1.807) is 6.07 Å². The molecule has 2 aliphatic rings. The molecule has 0 N–H and O–H groups in total. The average Bonchev–Trinajstić information content (AvgIpc) is 3.12. The molecule has 5 rings (SSSR count). The van der Waals surface area contributed by atoms with E-state index in [4.69, 9.17) is 13.5 Å². The molecule has 1 aliphatic carbocycles. The summed E-state index contributed by atoms with van der Waals surface area (Å²) >= 11 is 0. The Balaban J connectivity index is 1.35. The molecule has 1 saturated carbocycles. The zero-order valence-corrected chi connectivity index (χ0v) is 18.3. The standard InChI is InChI=1S/C23H28N4O4/c1-14-19(15(2)30-25-14)11-18-7-8-20(29-18)21(28)27-10-4-9-23(13-27,12-17-5-6-17)22-24-16(3)31-26-22/h7-8,17H,4-6,9-13H2,1-3H3. The largest absolute Gasteiger partial charge is 0.456 e. The summed E-state index contributed by atoms with van der Waals surface area (Å²) < 4.78 is 16.5. The van der Waals surface area contributed by atoms with E-state index in [0.717, 1.165) is 47.9 Å². The van der Waals surface area contributed by atoms with Crippen molar-refractivity contribution in [2.75, 3.05) is 13.1 Å². The molecular weight excluding hydrogens is 396 g/mol. The number of carbonyl (C=O) groups is 1. The van der Waals surface area contributed by atoms with Crippen molar-refractivity contribution in [3.05, 3.63) is 52.4 Å². The van der Waals surface area contributed by atoms with Gasteiger partial charge in [0.15, 0.2) is 11.6 Å². The fourth-order valence-electron chi connectivity index (χ4n) is 4.81. The van der Waals surface area contributed by atoms with Gasteiger partial charge in [0.1, 0.15) is 11.5 Å². The van der Waals surface area contributed by atoms with Crippen LogP contribution in [-0.4, -0.2) is 39.2 Å². The number of carbonyl (C=O) groups excluding carboxylic acids is 1. The molecule has 164 valence electrons. The van der Waals surface area contributed by atoms with E-state index < -0.39 is 0 Å². The van der Waals surface area contributed by atoms with Crippen LogP contribution in [-0.2, 0) is 11.8 Å². The summed E-state index contributed by atoms with van der Waals surface area (Å²) in [6.45, 7) is 6.92. The maximum absolute atomic E-state index is 13.3. The van der Waals surface area contributed by atoms with Gasteiger partial charge in [-0.15, -0.1) is 0 Å². The molecule has 31 heavy (non-hydrogen) atoms. The maximum atomic E-state index is 13.3. The molecule has 3 aromatic heterocycles. The van der Waals surface area contributed by atoms with Crippen LogP contribution in [0.3, 0.4) is 0 Å². The van der Waals surface area contributed by atoms with Gasteiger partial charge in [0.25, 0.3) is 5.91 Å². The van der Waals surface area contributed by atoms with Crippen molar-refractivity contribution in [2.45, 2.75) is 64.7 Å². The lowest BCUT2D eigenvalue weighted by Gasteiger charge is -2.40. The molecule has 3 aromatic rings. The van der Waals surface area contributed by atoms with Crippen molar-refractivity contribution in [1.29, 1.82) is 0 Å². The molecule has 1 atom stereocenters. The Morgan fingerprint density at radius 3 is 2.71 bits per heavy atom. The molecule has 0 spiro atoms. The number of rotatable bonds is 6. The summed E-state index contributed by atoms with van der Waals surface area (Å²) in [5.74, 6) is 3.81. The second kappa shape index (κ2) is 7.66. The van der Waals surface area contributed by atoms with Gasteiger partial charge in [-0.2, -0.15) is 4.98 Å². The van der Waals surface area contributed by atoms with Crippen molar-refractivity contribution in [3.63, 3.8) is 0 Å². The van der Waals surface area contributed by atoms with Gasteiger partial charge < -0.3 is 18.4 Å². The van der Waals surface area contributed by atoms with Crippen molar-refractivity contribution in [2.24, 2.45) is 5.92 Å². The maximum Gasteiger partial charge on any atom is 0.289 e. The molecule has 8 heteroatoms. The molecular formula is C23H28N4O4. The van der Waals surface area contributed by atoms with Gasteiger partial charge in [0.05, 0.1) is 11.1 Å². The lowest BCUT2D eigenvalue weighted by atomic mass is 9.74. The second-order valence-electron chi connectivity index (χ2n) is 9.14. The lowest BCUT2D eigenvalue weighted by molar-refractivity contribution is 0.0574. The van der Waals surface area contributed by atoms with Crippen molar-refractivity contribution in [3.8, 4) is 0 Å². The third kappa shape index (κ3) is 3.91. The molecule has 0 aromatic carbocycles. The van der Waals surface area contributed by atoms with E-state index in [1.165, 1.54) is 12.8 Å². The second-order valence-corrected chi connectivity index (χ2v) is 9.14. The number of likely N-dealkylation sites (tertiary alicyclic amines) is 1. The Morgan fingerprint density at radius 1 is 1.19 bits per heavy atom. The Bertz CT molecular complexity index is 1070. The molecule has 0 radical (unpaired) electrons. The van der Waals surface area contributed by atoms with E-state index in [9.17, 15) is 4.79 Å². The third-order valence-corrected chi connectivity index (χ3v) is 6.65. The molecule has 1 saturated heterocycles. The van der Waals surface area contributed by atoms with Gasteiger partial charge in [0, 0.05) is 32.0 Å². The minimum atomic E-state index is -0.237. The molecule has 2 fully saturated rings. The normalized spacial score (nSPS) is 21.6. The summed E-state index contributed by atoms with van der Waals surface area (Å²) in [6.07, 6.45) is 5.94. The van der Waals surface area contributed by atoms with Crippen LogP contribution in [0.1, 0.15) is 77.2 Å². The minimum absolute atomic E-state index is 0.0786. The molecule has 0 bridgehead atoms. The quantitative estimate of drug-likeness (QED) is 0.586. The van der Waals surface area contributed by atoms with Crippen LogP contribution in [0.4, 0.5) is 0 Å². The number of hydrogen-bond acceptors (Lipinski definition) is 7. The van der Waals surface area contributed by atoms with Crippen molar-refractivity contribution >= 4 is 5.91 Å². The van der Waals surface area contributed by atoms with Crippen LogP contribution < -0.4 is 0 Å². The Labute approximate surface area is 181 Å². The van der Waals surface area contributed by atoms with Crippen molar-refractivity contribution in [1.82, 2.24) is 20.2 Å². The van der Waals surface area contributed by atoms with Gasteiger partial charge in [-0.3, -0.25) is 4.79 Å². The SMILES string of the molecule is Cc1nc(C2(CC3CC3)CCCN(C(=O)c3ccc(Cc4c(C)noc4C)o3)C2)no1. The Morgan fingerprint density at radius 2 is 2.03 bits per heavy atom. The predicted molar refractivity (Wildman–Crippen MR) is 111 cm³/mol. The summed E-state index contributed by atoms with van der Waals surface area (Å²) in [4.78, 5) is 19.8. The fraction of sp³-hybridized carbons (Fsp3) is 0.565. The first-order valence-electron chi connectivity index (χ1n) is 11.0. The Kier molecular flexibility index (Phi) is 4.95. The predicted octanol–water partition coefficient (Wildman–Crippen LogP) is 4.14. The van der Waals surface area contributed by atoms with Gasteiger partial charge in [-0.1, -0.05) is 23.2 Å². The smallest absolute Gasteiger partial charge is 0.289 e. The van der Waals surface area contributed by atoms with E-state index in [1.807, 2.05) is 31.7 Å². The van der Waals surface area contributed by atoms with E-state index in [0.29, 0.717) is 37.1 Å². The number of nitrogens with zero attached hydrogens (tertiary/aromatic N) is 4. The number of furan rings is 1. The van der Waals surface area contributed by atoms with Gasteiger partial charge in [-0.05, 0) is 51.2 Å². The highest BCUT2D eigenvalue weighted by Gasteiger charge is 2.46. The fourth-order valence-corrected chi connectivity index (χ4v) is 4.81. The first-order chi connectivity index (χ1) is 14.9. The first kappa shape index (κ1) is 20.0. The zero-order valence-electron chi connectivity index (χ0n) is 18.3.